The van der Waals surface area contributed by atoms with Crippen molar-refractivity contribution in [2.24, 2.45) is 11.7 Å². The second kappa shape index (κ2) is 7.58. The number of nitrogens with two attached hydrogens (primary N) is 1. The maximum atomic E-state index is 12.5. The Morgan fingerprint density at radius 2 is 1.86 bits per heavy atom. The number of hydrogen-bond donors (Lipinski definition) is 2. The van der Waals surface area contributed by atoms with Crippen LogP contribution in [0.25, 0.3) is 0 Å². The number of benzene rings is 1. The van der Waals surface area contributed by atoms with E-state index in [0.29, 0.717) is 17.4 Å². The molecule has 0 heterocycles. The smallest absolute Gasteiger partial charge is 0.240 e. The molecule has 0 aromatic heterocycles. The third kappa shape index (κ3) is 4.42. The Morgan fingerprint density at radius 3 is 2.38 bits per heavy atom. The van der Waals surface area contributed by atoms with E-state index >= 15 is 0 Å². The van der Waals surface area contributed by atoms with E-state index in [9.17, 15) is 8.42 Å². The summed E-state index contributed by atoms with van der Waals surface area (Å²) in [6.07, 6.45) is 4.48. The monoisotopic (exact) mass is 332 g/mol. The minimum Gasteiger partial charge on any atom is -0.329 e. The molecule has 1 aromatic carbocycles. The standard InChI is InChI=1S/C15H24N2O2S.ClH/c1-11-7-8-14(9-12(11)2)20(18,19)17-15(10-16)13-5-3-4-6-13;/h7-9,13,15,17H,3-6,10,16H2,1-2H3;1H. The van der Waals surface area contributed by atoms with Gasteiger partial charge in [0.15, 0.2) is 0 Å². The lowest BCUT2D eigenvalue weighted by Crippen LogP contribution is -2.44. The predicted octanol–water partition coefficient (Wildman–Crippen LogP) is 2.52. The Kier molecular flexibility index (Phi) is 6.66. The highest BCUT2D eigenvalue weighted by Gasteiger charge is 2.28. The molecule has 1 fully saturated rings. The zero-order valence-corrected chi connectivity index (χ0v) is 14.3. The number of nitrogens with one attached hydrogen (secondary N) is 1. The van der Waals surface area contributed by atoms with Gasteiger partial charge in [-0.1, -0.05) is 18.9 Å². The number of aryl methyl sites for hydroxylation is 2. The molecule has 1 unspecified atom stereocenters. The summed E-state index contributed by atoms with van der Waals surface area (Å²) >= 11 is 0. The lowest BCUT2D eigenvalue weighted by Gasteiger charge is -2.23. The first-order chi connectivity index (χ1) is 9.44. The summed E-state index contributed by atoms with van der Waals surface area (Å²) in [5.74, 6) is 0.376. The molecule has 21 heavy (non-hydrogen) atoms. The van der Waals surface area contributed by atoms with Crippen molar-refractivity contribution in [2.75, 3.05) is 6.54 Å². The molecule has 0 bridgehead atoms. The highest BCUT2D eigenvalue weighted by Crippen LogP contribution is 2.28. The lowest BCUT2D eigenvalue weighted by atomic mass is 9.99. The van der Waals surface area contributed by atoms with Crippen LogP contribution < -0.4 is 10.5 Å². The number of rotatable bonds is 5. The van der Waals surface area contributed by atoms with Crippen molar-refractivity contribution in [3.05, 3.63) is 29.3 Å². The van der Waals surface area contributed by atoms with Gasteiger partial charge in [0.2, 0.25) is 10.0 Å². The van der Waals surface area contributed by atoms with Gasteiger partial charge >= 0.3 is 0 Å². The van der Waals surface area contributed by atoms with E-state index in [1.807, 2.05) is 19.9 Å². The molecule has 2 rings (SSSR count). The van der Waals surface area contributed by atoms with Crippen molar-refractivity contribution < 1.29 is 8.42 Å². The van der Waals surface area contributed by atoms with Crippen LogP contribution in [0.4, 0.5) is 0 Å². The van der Waals surface area contributed by atoms with Gasteiger partial charge in [0, 0.05) is 12.6 Å². The van der Waals surface area contributed by atoms with Crippen molar-refractivity contribution in [2.45, 2.75) is 50.5 Å². The topological polar surface area (TPSA) is 72.2 Å². The maximum absolute atomic E-state index is 12.5. The summed E-state index contributed by atoms with van der Waals surface area (Å²) in [5, 5.41) is 0. The molecule has 0 amide bonds. The molecule has 1 aliphatic rings. The van der Waals surface area contributed by atoms with Gasteiger partial charge in [-0.2, -0.15) is 0 Å². The molecule has 120 valence electrons. The van der Waals surface area contributed by atoms with E-state index in [0.717, 1.165) is 24.0 Å². The molecular formula is C15H25ClN2O2S. The van der Waals surface area contributed by atoms with E-state index in [-0.39, 0.29) is 18.4 Å². The Morgan fingerprint density at radius 1 is 1.24 bits per heavy atom. The lowest BCUT2D eigenvalue weighted by molar-refractivity contribution is 0.405. The third-order valence-electron chi connectivity index (χ3n) is 4.32. The van der Waals surface area contributed by atoms with Gasteiger partial charge in [-0.05, 0) is 55.9 Å². The maximum Gasteiger partial charge on any atom is 0.240 e. The van der Waals surface area contributed by atoms with Crippen LogP contribution in [0.3, 0.4) is 0 Å². The zero-order valence-electron chi connectivity index (χ0n) is 12.6. The first kappa shape index (κ1) is 18.4. The normalized spacial score (nSPS) is 17.5. The van der Waals surface area contributed by atoms with E-state index < -0.39 is 10.0 Å². The number of halogens is 1. The van der Waals surface area contributed by atoms with Crippen LogP contribution in [-0.4, -0.2) is 21.0 Å². The Hall–Kier alpha value is -0.620. The van der Waals surface area contributed by atoms with Crippen molar-refractivity contribution in [1.29, 1.82) is 0 Å². The largest absolute Gasteiger partial charge is 0.329 e. The minimum absolute atomic E-state index is 0. The van der Waals surface area contributed by atoms with Crippen LogP contribution in [0.5, 0.6) is 0 Å². The van der Waals surface area contributed by atoms with E-state index in [1.165, 1.54) is 12.8 Å². The molecule has 0 radical (unpaired) electrons. The van der Waals surface area contributed by atoms with Gasteiger partial charge in [-0.25, -0.2) is 13.1 Å². The van der Waals surface area contributed by atoms with Crippen molar-refractivity contribution in [3.8, 4) is 0 Å². The van der Waals surface area contributed by atoms with Gasteiger partial charge in [-0.15, -0.1) is 12.4 Å². The Bertz CT molecular complexity index is 569. The minimum atomic E-state index is -3.48. The van der Waals surface area contributed by atoms with Crippen molar-refractivity contribution >= 4 is 22.4 Å². The average Bonchev–Trinajstić information content (AvgIpc) is 2.93. The average molecular weight is 333 g/mol. The summed E-state index contributed by atoms with van der Waals surface area (Å²) in [7, 11) is -3.48. The molecule has 0 aliphatic heterocycles. The van der Waals surface area contributed by atoms with Gasteiger partial charge in [-0.3, -0.25) is 0 Å². The van der Waals surface area contributed by atoms with Gasteiger partial charge < -0.3 is 5.73 Å². The number of sulfonamides is 1. The predicted molar refractivity (Wildman–Crippen MR) is 88.3 cm³/mol. The van der Waals surface area contributed by atoms with Crippen LogP contribution in [-0.2, 0) is 10.0 Å². The molecule has 4 nitrogen and oxygen atoms in total. The SMILES string of the molecule is Cc1ccc(S(=O)(=O)NC(CN)C2CCCC2)cc1C.Cl. The molecule has 1 aromatic rings. The Labute approximate surface area is 134 Å². The first-order valence-corrected chi connectivity index (χ1v) is 8.72. The molecule has 0 spiro atoms. The molecule has 1 atom stereocenters. The van der Waals surface area contributed by atoms with E-state index in [2.05, 4.69) is 4.72 Å². The molecular weight excluding hydrogens is 308 g/mol. The fourth-order valence-electron chi connectivity index (χ4n) is 2.84. The van der Waals surface area contributed by atoms with Gasteiger partial charge in [0.1, 0.15) is 0 Å². The Balaban J connectivity index is 0.00000220. The van der Waals surface area contributed by atoms with Crippen LogP contribution in [0, 0.1) is 19.8 Å². The van der Waals surface area contributed by atoms with E-state index in [1.54, 1.807) is 12.1 Å². The summed E-state index contributed by atoms with van der Waals surface area (Å²) in [6, 6.07) is 5.08. The fourth-order valence-corrected chi connectivity index (χ4v) is 4.25. The summed E-state index contributed by atoms with van der Waals surface area (Å²) in [4.78, 5) is 0.331. The van der Waals surface area contributed by atoms with Crippen LogP contribution in [0.1, 0.15) is 36.8 Å². The summed E-state index contributed by atoms with van der Waals surface area (Å²) < 4.78 is 27.7. The van der Waals surface area contributed by atoms with Crippen LogP contribution in [0.15, 0.2) is 23.1 Å². The second-order valence-corrected chi connectivity index (χ2v) is 7.47. The number of hydrogen-bond acceptors (Lipinski definition) is 3. The molecule has 0 saturated heterocycles. The molecule has 1 aliphatic carbocycles. The van der Waals surface area contributed by atoms with Crippen molar-refractivity contribution in [1.82, 2.24) is 4.72 Å². The van der Waals surface area contributed by atoms with E-state index in [4.69, 9.17) is 5.73 Å². The molecule has 1 saturated carbocycles. The van der Waals surface area contributed by atoms with Gasteiger partial charge in [0.25, 0.3) is 0 Å². The summed E-state index contributed by atoms with van der Waals surface area (Å²) in [5.41, 5.74) is 7.84. The van der Waals surface area contributed by atoms with Crippen LogP contribution >= 0.6 is 12.4 Å². The van der Waals surface area contributed by atoms with Crippen molar-refractivity contribution in [3.63, 3.8) is 0 Å². The molecule has 6 heteroatoms. The van der Waals surface area contributed by atoms with Crippen LogP contribution in [0.2, 0.25) is 0 Å². The molecule has 3 N–H and O–H groups in total. The highest BCUT2D eigenvalue weighted by atomic mass is 35.5. The first-order valence-electron chi connectivity index (χ1n) is 7.23. The third-order valence-corrected chi connectivity index (χ3v) is 5.81. The quantitative estimate of drug-likeness (QED) is 0.870. The fraction of sp³-hybridized carbons (Fsp3) is 0.600. The second-order valence-electron chi connectivity index (χ2n) is 5.75. The van der Waals surface area contributed by atoms with Gasteiger partial charge in [0.05, 0.1) is 4.90 Å². The zero-order chi connectivity index (χ0) is 14.8. The highest BCUT2D eigenvalue weighted by molar-refractivity contribution is 7.89. The summed E-state index contributed by atoms with van der Waals surface area (Å²) in [6.45, 7) is 4.25.